The van der Waals surface area contributed by atoms with E-state index in [1.54, 1.807) is 0 Å². The van der Waals surface area contributed by atoms with Gasteiger partial charge in [0.25, 0.3) is 0 Å². The predicted molar refractivity (Wildman–Crippen MR) is 318 cm³/mol. The van der Waals surface area contributed by atoms with E-state index < -0.39 is 0 Å². The van der Waals surface area contributed by atoms with Gasteiger partial charge in [-0.05, 0) is 101 Å². The summed E-state index contributed by atoms with van der Waals surface area (Å²) in [5.74, 6) is 1.61. The van der Waals surface area contributed by atoms with Crippen LogP contribution in [0.1, 0.15) is 160 Å². The zero-order chi connectivity index (χ0) is 50.1. The van der Waals surface area contributed by atoms with E-state index in [1.165, 1.54) is 62.3 Å². The first-order chi connectivity index (χ1) is 35.0. The van der Waals surface area contributed by atoms with Gasteiger partial charge in [-0.15, -0.1) is 17.9 Å². The molecule has 0 bridgehead atoms. The third-order valence-corrected chi connectivity index (χ3v) is 14.2. The van der Waals surface area contributed by atoms with Crippen molar-refractivity contribution in [2.24, 2.45) is 0 Å². The van der Waals surface area contributed by atoms with E-state index in [-0.39, 0.29) is 53.1 Å². The second-order valence-corrected chi connectivity index (χ2v) is 20.7. The van der Waals surface area contributed by atoms with Crippen molar-refractivity contribution >= 4 is 22.7 Å². The largest absolute Gasteiger partial charge is 3.00 e. The molecule has 10 rings (SSSR count). The van der Waals surface area contributed by atoms with E-state index in [0.29, 0.717) is 23.7 Å². The Balaban J connectivity index is 0.000000234. The molecule has 0 spiro atoms. The molecule has 0 saturated carbocycles. The Bertz CT molecular complexity index is 2810. The number of nitrogens with one attached hydrogen (secondary N) is 2. The van der Waals surface area contributed by atoms with Crippen molar-refractivity contribution in [1.29, 1.82) is 0 Å². The molecular weight excluding hydrogens is 992 g/mol. The topological polar surface area (TPSA) is 78.0 Å². The number of aryl methyl sites for hydroxylation is 2. The fraction of sp³-hybridized carbons (Fsp3) is 0.294. The van der Waals surface area contributed by atoms with E-state index in [1.807, 2.05) is 0 Å². The first-order valence-corrected chi connectivity index (χ1v) is 26.5. The molecule has 7 heteroatoms. The molecule has 75 heavy (non-hydrogen) atoms. The Hall–Kier alpha value is -6.30. The molecule has 0 saturated heterocycles. The number of hydrogen-bond donors (Lipinski definition) is 2. The molecule has 2 atom stereocenters. The summed E-state index contributed by atoms with van der Waals surface area (Å²) in [5.41, 5.74) is 21.3. The second-order valence-electron chi connectivity index (χ2n) is 20.7. The van der Waals surface area contributed by atoms with Gasteiger partial charge in [0.2, 0.25) is 0 Å². The molecule has 6 aromatic carbocycles. The first-order valence-electron chi connectivity index (χ1n) is 26.5. The van der Waals surface area contributed by atoms with Crippen molar-refractivity contribution < 1.29 is 26.2 Å². The summed E-state index contributed by atoms with van der Waals surface area (Å²) in [4.78, 5) is 10.5. The van der Waals surface area contributed by atoms with Crippen LogP contribution < -0.4 is 10.6 Å². The molecule has 4 heterocycles. The van der Waals surface area contributed by atoms with E-state index in [4.69, 9.17) is 20.6 Å². The standard InChI is InChI=1S/C33H37N3.C33H35N3.2CH3.Zr/c2*1-22(2)26-16-9-17-27(23(3)4)33(26)36-32(25-12-6-5-7-13-25)30-20-10-19-29(35-30)28-18-8-14-24-15-11-21-34-31(24)28;;;/h5-10,12-14,16-20,22-23,32,34,36H,11,15,21H2,1-4H3;5-10,12-14,16-20,22-23,32H,11,15,21H2,1-4H3;2*1H3;/q;-2;2*-1;+3/t2*32-;;;/m00.../s1. The third-order valence-electron chi connectivity index (χ3n) is 14.2. The molecule has 2 N–H and O–H groups in total. The van der Waals surface area contributed by atoms with E-state index in [9.17, 15) is 0 Å². The predicted octanol–water partition coefficient (Wildman–Crippen LogP) is 19.2. The zero-order valence-corrected chi connectivity index (χ0v) is 48.6. The molecule has 2 aliphatic heterocycles. The third kappa shape index (κ3) is 13.4. The average Bonchev–Trinajstić information content (AvgIpc) is 3.41. The van der Waals surface area contributed by atoms with Crippen molar-refractivity contribution in [2.45, 2.75) is 117 Å². The molecule has 1 radical (unpaired) electrons. The van der Waals surface area contributed by atoms with Crippen LogP contribution in [0.3, 0.4) is 0 Å². The van der Waals surface area contributed by atoms with Gasteiger partial charge in [-0.3, -0.25) is 9.97 Å². The Kier molecular flexibility index (Phi) is 20.8. The number of nitrogens with zero attached hydrogens (tertiary/aromatic N) is 4. The van der Waals surface area contributed by atoms with Crippen LogP contribution >= 0.6 is 0 Å². The van der Waals surface area contributed by atoms with Gasteiger partial charge >= 0.3 is 26.2 Å². The zero-order valence-electron chi connectivity index (χ0n) is 46.2. The minimum Gasteiger partial charge on any atom is -0.684 e. The quantitative estimate of drug-likeness (QED) is 0.106. The number of para-hydroxylation sites is 4. The van der Waals surface area contributed by atoms with Crippen molar-refractivity contribution in [2.75, 3.05) is 23.7 Å². The fourth-order valence-corrected chi connectivity index (χ4v) is 10.5. The number of benzene rings is 6. The van der Waals surface area contributed by atoms with Gasteiger partial charge in [0.15, 0.2) is 0 Å². The number of hydrogen-bond acceptors (Lipinski definition) is 4. The molecular formula is C68H78N6Zr-. The maximum Gasteiger partial charge on any atom is 3.00 e. The van der Waals surface area contributed by atoms with E-state index in [0.717, 1.165) is 77.6 Å². The van der Waals surface area contributed by atoms with Crippen molar-refractivity contribution in [3.8, 4) is 22.5 Å². The molecule has 385 valence electrons. The average molecular weight is 1070 g/mol. The van der Waals surface area contributed by atoms with Crippen molar-refractivity contribution in [3.63, 3.8) is 0 Å². The van der Waals surface area contributed by atoms with Gasteiger partial charge in [-0.25, -0.2) is 0 Å². The van der Waals surface area contributed by atoms with Gasteiger partial charge in [0.05, 0.1) is 23.1 Å². The number of aromatic nitrogens is 2. The maximum absolute atomic E-state index is 5.48. The van der Waals surface area contributed by atoms with E-state index in [2.05, 4.69) is 236 Å². The molecule has 6 nitrogen and oxygen atoms in total. The number of pyridine rings is 2. The SMILES string of the molecule is CC(C)c1cccc(C(C)C)c1N[C@@H](c1ccccc1)c1cccc(-c2cccc3c2NCCC3)n1.CC(C)c1cccc(C(C)C)c1[N-][C@@H](c1ccccc1)c1cccc(-c2cccc3c2[N-]CCC3)n1.[CH3-].[CH3-].[Zr+3]. The van der Waals surface area contributed by atoms with Crippen molar-refractivity contribution in [3.05, 3.63) is 251 Å². The summed E-state index contributed by atoms with van der Waals surface area (Å²) in [5, 5.41) is 18.0. The van der Waals surface area contributed by atoms with Crippen LogP contribution in [-0.2, 0) is 39.0 Å². The number of anilines is 2. The van der Waals surface area contributed by atoms with Gasteiger partial charge in [-0.1, -0.05) is 230 Å². The van der Waals surface area contributed by atoms with Crippen LogP contribution in [0.25, 0.3) is 33.1 Å². The van der Waals surface area contributed by atoms with Gasteiger partial charge in [0.1, 0.15) is 0 Å². The monoisotopic (exact) mass is 1070 g/mol. The van der Waals surface area contributed by atoms with Gasteiger partial charge in [-0.2, -0.15) is 0 Å². The number of fused-ring (bicyclic) bond motifs is 2. The molecule has 2 aromatic heterocycles. The number of rotatable bonds is 14. The Morgan fingerprint density at radius 2 is 0.987 bits per heavy atom. The Morgan fingerprint density at radius 3 is 1.60 bits per heavy atom. The Labute approximate surface area is 470 Å². The summed E-state index contributed by atoms with van der Waals surface area (Å²) in [6.07, 6.45) is 4.50. The fourth-order valence-electron chi connectivity index (χ4n) is 10.5. The maximum atomic E-state index is 5.48. The van der Waals surface area contributed by atoms with Crippen LogP contribution in [0.2, 0.25) is 0 Å². The summed E-state index contributed by atoms with van der Waals surface area (Å²) in [7, 11) is 0. The summed E-state index contributed by atoms with van der Waals surface area (Å²) in [6.45, 7) is 20.0. The van der Waals surface area contributed by atoms with Crippen LogP contribution in [0, 0.1) is 14.9 Å². The van der Waals surface area contributed by atoms with E-state index >= 15 is 0 Å². The second kappa shape index (κ2) is 27.0. The molecule has 0 fully saturated rings. The van der Waals surface area contributed by atoms with Crippen LogP contribution in [0.15, 0.2) is 170 Å². The smallest absolute Gasteiger partial charge is 0.684 e. The summed E-state index contributed by atoms with van der Waals surface area (Å²) >= 11 is 0. The summed E-state index contributed by atoms with van der Waals surface area (Å²) in [6, 6.07) is 60.2. The molecule has 0 amide bonds. The van der Waals surface area contributed by atoms with Crippen LogP contribution in [-0.4, -0.2) is 23.1 Å². The van der Waals surface area contributed by atoms with Gasteiger partial charge < -0.3 is 36.1 Å². The van der Waals surface area contributed by atoms with Crippen LogP contribution in [0.5, 0.6) is 0 Å². The molecule has 0 unspecified atom stereocenters. The normalized spacial score (nSPS) is 13.3. The molecule has 8 aromatic rings. The van der Waals surface area contributed by atoms with Crippen LogP contribution in [0.4, 0.5) is 22.7 Å². The molecule has 2 aliphatic rings. The minimum absolute atomic E-state index is 0. The first kappa shape index (κ1) is 58.0. The van der Waals surface area contributed by atoms with Crippen molar-refractivity contribution in [1.82, 2.24) is 9.97 Å². The minimum atomic E-state index is -0.194. The Morgan fingerprint density at radius 1 is 0.493 bits per heavy atom. The van der Waals surface area contributed by atoms with Gasteiger partial charge in [0, 0.05) is 29.2 Å². The summed E-state index contributed by atoms with van der Waals surface area (Å²) < 4.78 is 0. The molecule has 0 aliphatic carbocycles.